The average Bonchev–Trinajstić information content (AvgIpc) is 2.72. The van der Waals surface area contributed by atoms with Gasteiger partial charge < -0.3 is 14.7 Å². The zero-order valence-corrected chi connectivity index (χ0v) is 15.9. The van der Waals surface area contributed by atoms with E-state index in [4.69, 9.17) is 4.74 Å². The van der Waals surface area contributed by atoms with Gasteiger partial charge in [-0.2, -0.15) is 0 Å². The molecule has 2 aromatic rings. The Balaban J connectivity index is 1.52. The van der Waals surface area contributed by atoms with Crippen LogP contribution in [0.25, 0.3) is 0 Å². The van der Waals surface area contributed by atoms with E-state index in [2.05, 4.69) is 0 Å². The quantitative estimate of drug-likeness (QED) is 0.668. The van der Waals surface area contributed by atoms with Crippen LogP contribution in [0.2, 0.25) is 0 Å². The fraction of sp³-hybridized carbons (Fsp3) is 0.435. The summed E-state index contributed by atoms with van der Waals surface area (Å²) in [7, 11) is 0. The predicted octanol–water partition coefficient (Wildman–Crippen LogP) is 2.31. The highest BCUT2D eigenvalue weighted by molar-refractivity contribution is 5.98. The normalized spacial score (nSPS) is 16.0. The molecule has 4 heteroatoms. The maximum absolute atomic E-state index is 12.7. The first-order chi connectivity index (χ1) is 13.2. The number of hydrogen-bond acceptors (Lipinski definition) is 3. The molecule has 1 aliphatic rings. The number of carbonyl (C=O) groups is 1. The number of piperidine rings is 1. The van der Waals surface area contributed by atoms with Crippen molar-refractivity contribution in [3.05, 3.63) is 65.7 Å². The lowest BCUT2D eigenvalue weighted by molar-refractivity contribution is -0.908. The third kappa shape index (κ3) is 6.19. The second kappa shape index (κ2) is 10.2. The molecule has 1 fully saturated rings. The van der Waals surface area contributed by atoms with E-state index in [1.54, 1.807) is 0 Å². The van der Waals surface area contributed by atoms with Crippen LogP contribution in [-0.4, -0.2) is 43.2 Å². The van der Waals surface area contributed by atoms with Crippen molar-refractivity contribution in [2.45, 2.75) is 38.2 Å². The highest BCUT2D eigenvalue weighted by atomic mass is 16.5. The molecule has 2 aromatic carbocycles. The SMILES string of the molecule is O=C(CCc1ccccc1)c1ccccc1OC[C@@H](O)C[NH+]1CCCCC1. The van der Waals surface area contributed by atoms with Gasteiger partial charge in [0.25, 0.3) is 0 Å². The third-order valence-electron chi connectivity index (χ3n) is 5.19. The standard InChI is InChI=1S/C23H29NO3/c25-20(17-24-15-7-2-8-16-24)18-27-23-12-6-5-11-21(23)22(26)14-13-19-9-3-1-4-10-19/h1,3-6,9-12,20,25H,2,7-8,13-18H2/p+1/t20-/m0/s1. The van der Waals surface area contributed by atoms with Gasteiger partial charge in [-0.15, -0.1) is 0 Å². The molecule has 0 unspecified atom stereocenters. The molecule has 0 aliphatic carbocycles. The van der Waals surface area contributed by atoms with Crippen LogP contribution in [-0.2, 0) is 6.42 Å². The average molecular weight is 368 g/mol. The lowest BCUT2D eigenvalue weighted by Crippen LogP contribution is -3.14. The molecule has 3 rings (SSSR count). The molecule has 0 radical (unpaired) electrons. The first kappa shape index (κ1) is 19.6. The van der Waals surface area contributed by atoms with Crippen molar-refractivity contribution >= 4 is 5.78 Å². The number of nitrogens with one attached hydrogen (secondary N) is 1. The summed E-state index contributed by atoms with van der Waals surface area (Å²) in [6.45, 7) is 3.20. The highest BCUT2D eigenvalue weighted by Crippen LogP contribution is 2.20. The minimum Gasteiger partial charge on any atom is -0.490 e. The Bertz CT molecular complexity index is 711. The first-order valence-electron chi connectivity index (χ1n) is 10.0. The number of quaternary nitrogens is 1. The van der Waals surface area contributed by atoms with Crippen LogP contribution in [0.3, 0.4) is 0 Å². The van der Waals surface area contributed by atoms with Gasteiger partial charge in [-0.1, -0.05) is 42.5 Å². The minimum absolute atomic E-state index is 0.0746. The predicted molar refractivity (Wildman–Crippen MR) is 106 cm³/mol. The number of aryl methyl sites for hydroxylation is 1. The Morgan fingerprint density at radius 3 is 2.48 bits per heavy atom. The molecule has 0 amide bonds. The number of para-hydroxylation sites is 1. The lowest BCUT2D eigenvalue weighted by atomic mass is 10.0. The zero-order valence-electron chi connectivity index (χ0n) is 15.9. The Morgan fingerprint density at radius 1 is 1.00 bits per heavy atom. The van der Waals surface area contributed by atoms with Gasteiger partial charge >= 0.3 is 0 Å². The molecule has 144 valence electrons. The monoisotopic (exact) mass is 368 g/mol. The van der Waals surface area contributed by atoms with Crippen molar-refractivity contribution in [3.8, 4) is 5.75 Å². The number of benzene rings is 2. The van der Waals surface area contributed by atoms with Crippen LogP contribution >= 0.6 is 0 Å². The van der Waals surface area contributed by atoms with E-state index in [-0.39, 0.29) is 12.4 Å². The first-order valence-corrected chi connectivity index (χ1v) is 10.0. The molecular weight excluding hydrogens is 338 g/mol. The van der Waals surface area contributed by atoms with E-state index in [0.717, 1.165) is 25.1 Å². The molecule has 1 atom stereocenters. The van der Waals surface area contributed by atoms with Crippen molar-refractivity contribution < 1.29 is 19.5 Å². The van der Waals surface area contributed by atoms with Gasteiger partial charge in [0.1, 0.15) is 25.0 Å². The molecular formula is C23H30NO3+. The molecule has 1 heterocycles. The van der Waals surface area contributed by atoms with Crippen LogP contribution in [0.4, 0.5) is 0 Å². The number of Topliss-reactive ketones (excluding diaryl/α,β-unsaturated/α-hetero) is 1. The highest BCUT2D eigenvalue weighted by Gasteiger charge is 2.19. The van der Waals surface area contributed by atoms with Crippen LogP contribution in [0.5, 0.6) is 5.75 Å². The van der Waals surface area contributed by atoms with Gasteiger partial charge in [-0.3, -0.25) is 4.79 Å². The Hall–Kier alpha value is -2.17. The smallest absolute Gasteiger partial charge is 0.166 e. The molecule has 2 N–H and O–H groups in total. The third-order valence-corrected chi connectivity index (χ3v) is 5.19. The number of aliphatic hydroxyl groups excluding tert-OH is 1. The maximum Gasteiger partial charge on any atom is 0.166 e. The van der Waals surface area contributed by atoms with Crippen molar-refractivity contribution in [2.24, 2.45) is 0 Å². The lowest BCUT2D eigenvalue weighted by Gasteiger charge is -2.25. The zero-order chi connectivity index (χ0) is 18.9. The summed E-state index contributed by atoms with van der Waals surface area (Å²) in [5.41, 5.74) is 1.76. The Labute approximate surface area is 161 Å². The molecule has 0 spiro atoms. The fourth-order valence-corrected chi connectivity index (χ4v) is 3.69. The van der Waals surface area contributed by atoms with Crippen LogP contribution in [0, 0.1) is 0 Å². The minimum atomic E-state index is -0.509. The molecule has 0 saturated carbocycles. The van der Waals surface area contributed by atoms with Crippen LogP contribution in [0.15, 0.2) is 54.6 Å². The van der Waals surface area contributed by atoms with Gasteiger partial charge in [0.15, 0.2) is 5.78 Å². The van der Waals surface area contributed by atoms with E-state index in [9.17, 15) is 9.90 Å². The van der Waals surface area contributed by atoms with Crippen molar-refractivity contribution in [1.29, 1.82) is 0 Å². The second-order valence-corrected chi connectivity index (χ2v) is 7.38. The van der Waals surface area contributed by atoms with Crippen LogP contribution in [0.1, 0.15) is 41.6 Å². The van der Waals surface area contributed by atoms with Gasteiger partial charge in [-0.05, 0) is 43.4 Å². The topological polar surface area (TPSA) is 51.0 Å². The summed E-state index contributed by atoms with van der Waals surface area (Å²) in [6, 6.07) is 17.4. The van der Waals surface area contributed by atoms with Crippen LogP contribution < -0.4 is 9.64 Å². The summed E-state index contributed by atoms with van der Waals surface area (Å²) < 4.78 is 5.83. The van der Waals surface area contributed by atoms with E-state index in [1.807, 2.05) is 54.6 Å². The van der Waals surface area contributed by atoms with Gasteiger partial charge in [0.2, 0.25) is 0 Å². The van der Waals surface area contributed by atoms with Gasteiger partial charge in [-0.25, -0.2) is 0 Å². The number of ether oxygens (including phenoxy) is 1. The molecule has 1 saturated heterocycles. The number of carbonyl (C=O) groups excluding carboxylic acids is 1. The number of hydrogen-bond donors (Lipinski definition) is 2. The maximum atomic E-state index is 12.7. The number of aliphatic hydroxyl groups is 1. The molecule has 0 bridgehead atoms. The molecule has 27 heavy (non-hydrogen) atoms. The van der Waals surface area contributed by atoms with Gasteiger partial charge in [0.05, 0.1) is 18.7 Å². The van der Waals surface area contributed by atoms with E-state index in [0.29, 0.717) is 24.3 Å². The summed E-state index contributed by atoms with van der Waals surface area (Å²) in [4.78, 5) is 14.1. The summed E-state index contributed by atoms with van der Waals surface area (Å²) in [5.74, 6) is 0.647. The van der Waals surface area contributed by atoms with E-state index < -0.39 is 6.10 Å². The van der Waals surface area contributed by atoms with E-state index >= 15 is 0 Å². The van der Waals surface area contributed by atoms with E-state index in [1.165, 1.54) is 24.2 Å². The molecule has 4 nitrogen and oxygen atoms in total. The van der Waals surface area contributed by atoms with Gasteiger partial charge in [0, 0.05) is 6.42 Å². The number of ketones is 1. The second-order valence-electron chi connectivity index (χ2n) is 7.38. The summed E-state index contributed by atoms with van der Waals surface area (Å²) in [5, 5.41) is 10.3. The summed E-state index contributed by atoms with van der Waals surface area (Å²) >= 11 is 0. The van der Waals surface area contributed by atoms with Crippen molar-refractivity contribution in [3.63, 3.8) is 0 Å². The number of rotatable bonds is 9. The Kier molecular flexibility index (Phi) is 7.43. The van der Waals surface area contributed by atoms with Crippen molar-refractivity contribution in [1.82, 2.24) is 0 Å². The largest absolute Gasteiger partial charge is 0.490 e. The summed E-state index contributed by atoms with van der Waals surface area (Å²) in [6.07, 6.45) is 4.43. The molecule has 0 aromatic heterocycles. The Morgan fingerprint density at radius 2 is 1.70 bits per heavy atom. The molecule has 1 aliphatic heterocycles. The number of likely N-dealkylation sites (tertiary alicyclic amines) is 1. The fourth-order valence-electron chi connectivity index (χ4n) is 3.69. The van der Waals surface area contributed by atoms with Crippen molar-refractivity contribution in [2.75, 3.05) is 26.2 Å².